The molecule has 33 heavy (non-hydrogen) atoms. The third-order valence-corrected chi connectivity index (χ3v) is 6.59. The Kier molecular flexibility index (Phi) is 7.07. The minimum absolute atomic E-state index is 0.0270. The van der Waals surface area contributed by atoms with Crippen LogP contribution in [-0.4, -0.2) is 53.8 Å². The fourth-order valence-electron chi connectivity index (χ4n) is 4.83. The van der Waals surface area contributed by atoms with Crippen LogP contribution in [0.25, 0.3) is 0 Å². The quantitative estimate of drug-likeness (QED) is 0.705. The summed E-state index contributed by atoms with van der Waals surface area (Å²) in [5, 5.41) is 2.99. The zero-order valence-electron chi connectivity index (χ0n) is 18.3. The van der Waals surface area contributed by atoms with Crippen molar-refractivity contribution in [3.05, 3.63) is 59.5 Å². The number of piperazine rings is 1. The maximum atomic E-state index is 13.1. The Hall–Kier alpha value is -2.81. The largest absolute Gasteiger partial charge is 0.467 e. The number of furan rings is 1. The van der Waals surface area contributed by atoms with Crippen LogP contribution >= 0.6 is 0 Å². The predicted molar refractivity (Wildman–Crippen MR) is 115 cm³/mol. The van der Waals surface area contributed by atoms with Crippen molar-refractivity contribution in [1.29, 1.82) is 0 Å². The Balaban J connectivity index is 1.37. The molecule has 1 aromatic carbocycles. The summed E-state index contributed by atoms with van der Waals surface area (Å²) in [6.45, 7) is 2.27. The molecule has 2 fully saturated rings. The van der Waals surface area contributed by atoms with Crippen LogP contribution in [0, 0.1) is 5.92 Å². The first-order chi connectivity index (χ1) is 15.8. The van der Waals surface area contributed by atoms with Gasteiger partial charge in [-0.05, 0) is 55.2 Å². The summed E-state index contributed by atoms with van der Waals surface area (Å²) in [4.78, 5) is 29.7. The van der Waals surface area contributed by atoms with Crippen molar-refractivity contribution in [3.8, 4) is 0 Å². The average molecular weight is 464 g/mol. The molecule has 1 aromatic heterocycles. The van der Waals surface area contributed by atoms with Crippen LogP contribution in [0.15, 0.2) is 47.1 Å². The molecule has 0 unspecified atom stereocenters. The van der Waals surface area contributed by atoms with Crippen molar-refractivity contribution in [2.75, 3.05) is 26.2 Å². The van der Waals surface area contributed by atoms with E-state index in [1.54, 1.807) is 17.2 Å². The lowest BCUT2D eigenvalue weighted by atomic mass is 9.95. The van der Waals surface area contributed by atoms with Gasteiger partial charge in [-0.25, -0.2) is 0 Å². The zero-order chi connectivity index (χ0) is 23.4. The normalized spacial score (nSPS) is 18.9. The zero-order valence-corrected chi connectivity index (χ0v) is 18.3. The lowest BCUT2D eigenvalue weighted by Gasteiger charge is -2.40. The van der Waals surface area contributed by atoms with E-state index in [0.29, 0.717) is 38.5 Å². The second kappa shape index (κ2) is 9.99. The van der Waals surface area contributed by atoms with Crippen molar-refractivity contribution < 1.29 is 27.2 Å². The Bertz CT molecular complexity index is 930. The molecule has 1 N–H and O–H groups in total. The number of hydrogen-bond donors (Lipinski definition) is 1. The molecule has 2 amide bonds. The van der Waals surface area contributed by atoms with Crippen LogP contribution < -0.4 is 5.32 Å². The van der Waals surface area contributed by atoms with Crippen LogP contribution in [0.3, 0.4) is 0 Å². The highest BCUT2D eigenvalue weighted by molar-refractivity contribution is 5.94. The number of amides is 2. The van der Waals surface area contributed by atoms with Gasteiger partial charge in [0.1, 0.15) is 5.76 Å². The van der Waals surface area contributed by atoms with Crippen molar-refractivity contribution in [2.45, 2.75) is 44.4 Å². The van der Waals surface area contributed by atoms with Crippen LogP contribution in [0.1, 0.15) is 47.4 Å². The van der Waals surface area contributed by atoms with E-state index in [4.69, 9.17) is 4.42 Å². The van der Waals surface area contributed by atoms with Crippen molar-refractivity contribution >= 4 is 11.8 Å². The molecule has 0 bridgehead atoms. The van der Waals surface area contributed by atoms with Crippen molar-refractivity contribution in [1.82, 2.24) is 15.1 Å². The molecule has 1 aliphatic carbocycles. The van der Waals surface area contributed by atoms with Gasteiger partial charge in [0.05, 0.1) is 24.4 Å². The third-order valence-electron chi connectivity index (χ3n) is 6.59. The highest BCUT2D eigenvalue weighted by Gasteiger charge is 2.37. The van der Waals surface area contributed by atoms with Gasteiger partial charge < -0.3 is 14.6 Å². The maximum absolute atomic E-state index is 13.1. The standard InChI is InChI=1S/C24H28F3N3O3/c25-24(26,27)19-9-7-18(8-10-19)23(32)30-13-11-29(12-14-30)21(17-4-1-2-5-17)22(31)28-16-20-6-3-15-33-20/h3,6-10,15,17,21H,1-2,4-5,11-14,16H2,(H,28,31)/t21-/m1/s1. The molecule has 0 radical (unpaired) electrons. The summed E-state index contributed by atoms with van der Waals surface area (Å²) < 4.78 is 43.7. The van der Waals surface area contributed by atoms with Gasteiger partial charge >= 0.3 is 6.18 Å². The van der Waals surface area contributed by atoms with Gasteiger partial charge in [0.15, 0.2) is 0 Å². The van der Waals surface area contributed by atoms with E-state index in [2.05, 4.69) is 10.2 Å². The van der Waals surface area contributed by atoms with Gasteiger partial charge in [-0.1, -0.05) is 12.8 Å². The number of benzene rings is 1. The van der Waals surface area contributed by atoms with E-state index in [1.807, 2.05) is 6.07 Å². The molecule has 178 valence electrons. The molecular weight excluding hydrogens is 435 g/mol. The molecule has 6 nitrogen and oxygen atoms in total. The molecule has 2 heterocycles. The van der Waals surface area contributed by atoms with Gasteiger partial charge in [-0.2, -0.15) is 13.2 Å². The van der Waals surface area contributed by atoms with Gasteiger partial charge in [0.25, 0.3) is 5.91 Å². The monoisotopic (exact) mass is 463 g/mol. The third kappa shape index (κ3) is 5.58. The maximum Gasteiger partial charge on any atom is 0.416 e. The summed E-state index contributed by atoms with van der Waals surface area (Å²) in [5.41, 5.74) is -0.538. The first-order valence-corrected chi connectivity index (χ1v) is 11.3. The molecule has 0 spiro atoms. The highest BCUT2D eigenvalue weighted by atomic mass is 19.4. The molecule has 1 saturated heterocycles. The summed E-state index contributed by atoms with van der Waals surface area (Å²) in [5.74, 6) is 0.656. The summed E-state index contributed by atoms with van der Waals surface area (Å²) >= 11 is 0. The SMILES string of the molecule is O=C(NCc1ccco1)[C@@H](C1CCCC1)N1CCN(C(=O)c2ccc(C(F)(F)F)cc2)CC1. The minimum Gasteiger partial charge on any atom is -0.467 e. The number of rotatable bonds is 6. The first-order valence-electron chi connectivity index (χ1n) is 11.3. The fraction of sp³-hybridized carbons (Fsp3) is 0.500. The van der Waals surface area contributed by atoms with Gasteiger partial charge in [-0.15, -0.1) is 0 Å². The Morgan fingerprint density at radius 2 is 1.70 bits per heavy atom. The van der Waals surface area contributed by atoms with E-state index >= 15 is 0 Å². The molecule has 1 atom stereocenters. The summed E-state index contributed by atoms with van der Waals surface area (Å²) in [7, 11) is 0. The van der Waals surface area contributed by atoms with E-state index in [0.717, 1.165) is 37.8 Å². The first kappa shape index (κ1) is 23.4. The van der Waals surface area contributed by atoms with Crippen LogP contribution in [-0.2, 0) is 17.5 Å². The predicted octanol–water partition coefficient (Wildman–Crippen LogP) is 3.93. The lowest BCUT2D eigenvalue weighted by Crippen LogP contribution is -2.57. The van der Waals surface area contributed by atoms with E-state index in [-0.39, 0.29) is 29.3 Å². The van der Waals surface area contributed by atoms with E-state index in [1.165, 1.54) is 12.1 Å². The van der Waals surface area contributed by atoms with Crippen LogP contribution in [0.5, 0.6) is 0 Å². The Labute approximate surface area is 190 Å². The molecule has 2 aliphatic rings. The van der Waals surface area contributed by atoms with Crippen molar-refractivity contribution in [2.24, 2.45) is 5.92 Å². The lowest BCUT2D eigenvalue weighted by molar-refractivity contribution is -0.137. The molecule has 1 saturated carbocycles. The van der Waals surface area contributed by atoms with Crippen molar-refractivity contribution in [3.63, 3.8) is 0 Å². The Morgan fingerprint density at radius 1 is 1.03 bits per heavy atom. The number of halogens is 3. The summed E-state index contributed by atoms with van der Waals surface area (Å²) in [6, 6.07) is 7.65. The number of carbonyl (C=O) groups is 2. The molecule has 2 aromatic rings. The number of carbonyl (C=O) groups excluding carboxylic acids is 2. The molecule has 4 rings (SSSR count). The Morgan fingerprint density at radius 3 is 2.27 bits per heavy atom. The van der Waals surface area contributed by atoms with E-state index in [9.17, 15) is 22.8 Å². The van der Waals surface area contributed by atoms with Gasteiger partial charge in [-0.3, -0.25) is 14.5 Å². The van der Waals surface area contributed by atoms with Crippen LogP contribution in [0.2, 0.25) is 0 Å². The average Bonchev–Trinajstić information content (AvgIpc) is 3.52. The summed E-state index contributed by atoms with van der Waals surface area (Å²) in [6.07, 6.45) is 1.37. The topological polar surface area (TPSA) is 65.8 Å². The second-order valence-electron chi connectivity index (χ2n) is 8.69. The van der Waals surface area contributed by atoms with Gasteiger partial charge in [0, 0.05) is 31.7 Å². The minimum atomic E-state index is -4.43. The smallest absolute Gasteiger partial charge is 0.416 e. The molecule has 9 heteroatoms. The van der Waals surface area contributed by atoms with Gasteiger partial charge in [0.2, 0.25) is 5.91 Å². The number of hydrogen-bond acceptors (Lipinski definition) is 4. The van der Waals surface area contributed by atoms with E-state index < -0.39 is 11.7 Å². The van der Waals surface area contributed by atoms with Crippen LogP contribution in [0.4, 0.5) is 13.2 Å². The molecule has 1 aliphatic heterocycles. The number of alkyl halides is 3. The second-order valence-corrected chi connectivity index (χ2v) is 8.69. The number of nitrogens with one attached hydrogen (secondary N) is 1. The fourth-order valence-corrected chi connectivity index (χ4v) is 4.83. The number of nitrogens with zero attached hydrogens (tertiary/aromatic N) is 2. The highest BCUT2D eigenvalue weighted by Crippen LogP contribution is 2.32. The molecular formula is C24H28F3N3O3.